The number of nitrogens with zero attached hydrogens (tertiary/aromatic N) is 1. The number of hydrogen-bond acceptors (Lipinski definition) is 3. The molecule has 2 aromatic rings. The second-order valence-electron chi connectivity index (χ2n) is 5.14. The normalized spacial score (nSPS) is 18.2. The van der Waals surface area contributed by atoms with Crippen molar-refractivity contribution in [2.45, 2.75) is 30.2 Å². The number of fused-ring (bicyclic) bond motifs is 1. The van der Waals surface area contributed by atoms with Crippen LogP contribution in [0.15, 0.2) is 47.6 Å². The molecule has 1 aliphatic rings. The van der Waals surface area contributed by atoms with Crippen LogP contribution in [0.4, 0.5) is 0 Å². The van der Waals surface area contributed by atoms with Crippen molar-refractivity contribution in [3.63, 3.8) is 0 Å². The Morgan fingerprint density at radius 2 is 1.95 bits per heavy atom. The summed E-state index contributed by atoms with van der Waals surface area (Å²) in [5.41, 5.74) is 2.50. The monoisotopic (exact) mass is 322 g/mol. The molecule has 0 aliphatic heterocycles. The Balaban J connectivity index is 1.80. The number of rotatable bonds is 3. The summed E-state index contributed by atoms with van der Waals surface area (Å²) in [5.74, 6) is 0. The van der Waals surface area contributed by atoms with Crippen LogP contribution in [-0.4, -0.2) is 19.4 Å². The van der Waals surface area contributed by atoms with Crippen molar-refractivity contribution in [2.24, 2.45) is 0 Å². The van der Waals surface area contributed by atoms with E-state index in [9.17, 15) is 8.42 Å². The van der Waals surface area contributed by atoms with Gasteiger partial charge in [-0.1, -0.05) is 35.9 Å². The molecule has 1 heterocycles. The van der Waals surface area contributed by atoms with Gasteiger partial charge in [0.15, 0.2) is 0 Å². The van der Waals surface area contributed by atoms with Crippen LogP contribution in [-0.2, 0) is 22.9 Å². The predicted octanol–water partition coefficient (Wildman–Crippen LogP) is 2.57. The standard InChI is InChI=1S/C15H15ClN2O2S/c16-14-7-8-17-10-15(14)21(19,20)18-13-6-5-11-3-1-2-4-12(11)9-13/h1-4,7-8,10,13,18H,5-6,9H2. The van der Waals surface area contributed by atoms with Gasteiger partial charge >= 0.3 is 0 Å². The molecular formula is C15H15ClN2O2S. The van der Waals surface area contributed by atoms with E-state index in [-0.39, 0.29) is 16.0 Å². The van der Waals surface area contributed by atoms with Crippen LogP contribution in [0.2, 0.25) is 5.02 Å². The van der Waals surface area contributed by atoms with Gasteiger partial charge in [-0.15, -0.1) is 0 Å². The Hall–Kier alpha value is -1.43. The molecule has 4 nitrogen and oxygen atoms in total. The zero-order chi connectivity index (χ0) is 14.9. The van der Waals surface area contributed by atoms with Gasteiger partial charge in [-0.2, -0.15) is 0 Å². The fourth-order valence-corrected chi connectivity index (χ4v) is 4.34. The Kier molecular flexibility index (Phi) is 3.97. The molecule has 3 rings (SSSR count). The lowest BCUT2D eigenvalue weighted by Crippen LogP contribution is -2.38. The first kappa shape index (κ1) is 14.5. The Labute approximate surface area is 129 Å². The fraction of sp³-hybridized carbons (Fsp3) is 0.267. The van der Waals surface area contributed by atoms with Crippen LogP contribution < -0.4 is 4.72 Å². The Bertz CT molecular complexity index is 762. The second kappa shape index (κ2) is 5.75. The molecule has 0 saturated carbocycles. The number of pyridine rings is 1. The maximum atomic E-state index is 12.4. The maximum Gasteiger partial charge on any atom is 0.243 e. The lowest BCUT2D eigenvalue weighted by atomic mass is 9.89. The highest BCUT2D eigenvalue weighted by Crippen LogP contribution is 2.24. The number of sulfonamides is 1. The summed E-state index contributed by atoms with van der Waals surface area (Å²) in [7, 11) is -3.64. The zero-order valence-corrected chi connectivity index (χ0v) is 12.9. The summed E-state index contributed by atoms with van der Waals surface area (Å²) in [4.78, 5) is 3.87. The summed E-state index contributed by atoms with van der Waals surface area (Å²) in [5, 5.41) is 0.189. The minimum Gasteiger partial charge on any atom is -0.263 e. The first-order valence-corrected chi connectivity index (χ1v) is 8.61. The molecule has 0 fully saturated rings. The minimum absolute atomic E-state index is 0.0329. The molecule has 0 spiro atoms. The van der Waals surface area contributed by atoms with Gasteiger partial charge in [-0.25, -0.2) is 13.1 Å². The minimum atomic E-state index is -3.64. The third-order valence-corrected chi connectivity index (χ3v) is 5.68. The molecule has 0 bridgehead atoms. The van der Waals surface area contributed by atoms with E-state index in [1.165, 1.54) is 29.6 Å². The number of aromatic nitrogens is 1. The van der Waals surface area contributed by atoms with Gasteiger partial charge in [0, 0.05) is 18.4 Å². The lowest BCUT2D eigenvalue weighted by Gasteiger charge is -2.25. The van der Waals surface area contributed by atoms with E-state index in [2.05, 4.69) is 15.8 Å². The quantitative estimate of drug-likeness (QED) is 0.944. The highest BCUT2D eigenvalue weighted by Gasteiger charge is 2.25. The van der Waals surface area contributed by atoms with Gasteiger partial charge in [0.05, 0.1) is 5.02 Å². The zero-order valence-electron chi connectivity index (χ0n) is 11.3. The van der Waals surface area contributed by atoms with Gasteiger partial charge < -0.3 is 0 Å². The van der Waals surface area contributed by atoms with Crippen molar-refractivity contribution in [3.8, 4) is 0 Å². The number of aryl methyl sites for hydroxylation is 1. The van der Waals surface area contributed by atoms with Gasteiger partial charge in [0.25, 0.3) is 0 Å². The summed E-state index contributed by atoms with van der Waals surface area (Å²) >= 11 is 5.95. The molecule has 1 atom stereocenters. The molecule has 1 N–H and O–H groups in total. The Morgan fingerprint density at radius 1 is 1.19 bits per heavy atom. The summed E-state index contributed by atoms with van der Waals surface area (Å²) < 4.78 is 27.5. The van der Waals surface area contributed by atoms with Gasteiger partial charge in [-0.3, -0.25) is 4.98 Å². The number of benzene rings is 1. The number of halogens is 1. The molecule has 6 heteroatoms. The van der Waals surface area contributed by atoms with E-state index < -0.39 is 10.0 Å². The first-order valence-electron chi connectivity index (χ1n) is 6.75. The molecule has 1 aromatic heterocycles. The second-order valence-corrected chi connectivity index (χ2v) is 7.23. The first-order chi connectivity index (χ1) is 10.1. The molecular weight excluding hydrogens is 308 g/mol. The van der Waals surface area contributed by atoms with E-state index in [1.54, 1.807) is 0 Å². The Morgan fingerprint density at radius 3 is 2.71 bits per heavy atom. The molecule has 0 saturated heterocycles. The summed E-state index contributed by atoms with van der Waals surface area (Å²) in [6.45, 7) is 0. The predicted molar refractivity (Wildman–Crippen MR) is 81.8 cm³/mol. The van der Waals surface area contributed by atoms with E-state index in [0.717, 1.165) is 12.8 Å². The summed E-state index contributed by atoms with van der Waals surface area (Å²) in [6, 6.07) is 9.50. The van der Waals surface area contributed by atoms with Crippen LogP contribution in [0, 0.1) is 0 Å². The van der Waals surface area contributed by atoms with Crippen molar-refractivity contribution in [1.82, 2.24) is 9.71 Å². The number of nitrogens with one attached hydrogen (secondary N) is 1. The number of hydrogen-bond donors (Lipinski definition) is 1. The van der Waals surface area contributed by atoms with Crippen molar-refractivity contribution in [1.29, 1.82) is 0 Å². The van der Waals surface area contributed by atoms with Crippen molar-refractivity contribution in [3.05, 3.63) is 58.9 Å². The molecule has 1 unspecified atom stereocenters. The van der Waals surface area contributed by atoms with Crippen LogP contribution >= 0.6 is 11.6 Å². The smallest absolute Gasteiger partial charge is 0.243 e. The molecule has 0 radical (unpaired) electrons. The average Bonchev–Trinajstić information content (AvgIpc) is 2.47. The molecule has 21 heavy (non-hydrogen) atoms. The van der Waals surface area contributed by atoms with E-state index in [0.29, 0.717) is 6.42 Å². The third kappa shape index (κ3) is 3.10. The largest absolute Gasteiger partial charge is 0.263 e. The SMILES string of the molecule is O=S(=O)(NC1CCc2ccccc2C1)c1cnccc1Cl. The van der Waals surface area contributed by atoms with E-state index in [4.69, 9.17) is 11.6 Å². The van der Waals surface area contributed by atoms with Gasteiger partial charge in [-0.05, 0) is 36.5 Å². The lowest BCUT2D eigenvalue weighted by molar-refractivity contribution is 0.507. The van der Waals surface area contributed by atoms with Crippen molar-refractivity contribution < 1.29 is 8.42 Å². The van der Waals surface area contributed by atoms with Crippen molar-refractivity contribution in [2.75, 3.05) is 0 Å². The molecule has 1 aliphatic carbocycles. The summed E-state index contributed by atoms with van der Waals surface area (Å²) in [6.07, 6.45) is 5.12. The fourth-order valence-electron chi connectivity index (χ4n) is 2.64. The van der Waals surface area contributed by atoms with Crippen LogP contribution in [0.5, 0.6) is 0 Å². The van der Waals surface area contributed by atoms with Gasteiger partial charge in [0.2, 0.25) is 10.0 Å². The highest BCUT2D eigenvalue weighted by molar-refractivity contribution is 7.89. The molecule has 0 amide bonds. The topological polar surface area (TPSA) is 59.1 Å². The van der Waals surface area contributed by atoms with Crippen LogP contribution in [0.1, 0.15) is 17.5 Å². The van der Waals surface area contributed by atoms with Crippen LogP contribution in [0.3, 0.4) is 0 Å². The molecule has 110 valence electrons. The molecule has 1 aromatic carbocycles. The highest BCUT2D eigenvalue weighted by atomic mass is 35.5. The van der Waals surface area contributed by atoms with Crippen LogP contribution in [0.25, 0.3) is 0 Å². The average molecular weight is 323 g/mol. The maximum absolute atomic E-state index is 12.4. The van der Waals surface area contributed by atoms with E-state index >= 15 is 0 Å². The van der Waals surface area contributed by atoms with Gasteiger partial charge in [0.1, 0.15) is 4.90 Å². The van der Waals surface area contributed by atoms with Crippen molar-refractivity contribution >= 4 is 21.6 Å². The van der Waals surface area contributed by atoms with E-state index in [1.807, 2.05) is 18.2 Å². The third-order valence-electron chi connectivity index (χ3n) is 3.69.